The predicted octanol–water partition coefficient (Wildman–Crippen LogP) is 5.74. The molecule has 0 spiro atoms. The summed E-state index contributed by atoms with van der Waals surface area (Å²) in [5.74, 6) is 1.09. The lowest BCUT2D eigenvalue weighted by atomic mass is 9.74. The molecule has 0 radical (unpaired) electrons. The summed E-state index contributed by atoms with van der Waals surface area (Å²) in [5, 5.41) is 7.41. The summed E-state index contributed by atoms with van der Waals surface area (Å²) in [6.45, 7) is 1.84. The van der Waals surface area contributed by atoms with Gasteiger partial charge in [0.2, 0.25) is 5.95 Å². The maximum absolute atomic E-state index is 14.2. The number of hydrogen-bond donors (Lipinski definition) is 2. The number of fused-ring (bicyclic) bond motifs is 1. The number of benzene rings is 3. The topological polar surface area (TPSA) is 102 Å². The molecule has 4 aromatic rings. The number of nitrogens with one attached hydrogen (secondary N) is 2. The lowest BCUT2D eigenvalue weighted by Gasteiger charge is -2.38. The molecule has 5 rings (SSSR count). The van der Waals surface area contributed by atoms with Crippen LogP contribution in [0.3, 0.4) is 0 Å². The number of rotatable bonds is 8. The zero-order valence-corrected chi connectivity index (χ0v) is 23.1. The normalized spacial score (nSPS) is 15.2. The molecule has 1 aliphatic rings. The molecule has 1 aromatic heterocycles. The van der Waals surface area contributed by atoms with Crippen molar-refractivity contribution >= 4 is 49.8 Å². The van der Waals surface area contributed by atoms with Crippen molar-refractivity contribution in [1.82, 2.24) is 9.97 Å². The molecule has 2 N–H and O–H groups in total. The van der Waals surface area contributed by atoms with Gasteiger partial charge in [-0.3, -0.25) is 0 Å². The standard InChI is InChI=1S/C28H28ClFN4O4S/c1-37-20-6-3-18(4-7-20)28(11-13-38-14-12-28)17-31-26-22-9-5-19(30)15-25(22)33-27(34-26)32-24-10-8-21(16-23(24)29)39(2,35)36/h3-10,15-16H,11-14,17H2,1-2H3,(H2,31,32,33,34). The third kappa shape index (κ3) is 5.93. The fraction of sp³-hybridized carbons (Fsp3) is 0.286. The molecule has 11 heteroatoms. The Balaban J connectivity index is 1.48. The van der Waals surface area contributed by atoms with Crippen molar-refractivity contribution in [2.24, 2.45) is 0 Å². The fourth-order valence-corrected chi connectivity index (χ4v) is 5.71. The highest BCUT2D eigenvalue weighted by molar-refractivity contribution is 7.90. The second-order valence-electron chi connectivity index (χ2n) is 9.57. The van der Waals surface area contributed by atoms with Crippen molar-refractivity contribution in [2.75, 3.05) is 43.8 Å². The summed E-state index contributed by atoms with van der Waals surface area (Å²) in [4.78, 5) is 9.27. The average Bonchev–Trinajstić information content (AvgIpc) is 2.92. The van der Waals surface area contributed by atoms with E-state index in [1.807, 2.05) is 12.1 Å². The molecule has 2 heterocycles. The predicted molar refractivity (Wildman–Crippen MR) is 151 cm³/mol. The average molecular weight is 571 g/mol. The van der Waals surface area contributed by atoms with Gasteiger partial charge in [0.05, 0.1) is 28.2 Å². The number of ether oxygens (including phenoxy) is 2. The molecule has 1 fully saturated rings. The summed E-state index contributed by atoms with van der Waals surface area (Å²) in [6.07, 6.45) is 2.75. The third-order valence-electron chi connectivity index (χ3n) is 7.02. The van der Waals surface area contributed by atoms with Crippen LogP contribution in [-0.4, -0.2) is 51.5 Å². The van der Waals surface area contributed by atoms with Gasteiger partial charge in [0.25, 0.3) is 0 Å². The summed E-state index contributed by atoms with van der Waals surface area (Å²) in [5.41, 5.74) is 1.79. The molecule has 0 saturated carbocycles. The molecule has 1 aliphatic heterocycles. The van der Waals surface area contributed by atoms with E-state index in [9.17, 15) is 12.8 Å². The maximum atomic E-state index is 14.2. The molecule has 1 saturated heterocycles. The number of methoxy groups -OCH3 is 1. The van der Waals surface area contributed by atoms with Crippen LogP contribution in [0.2, 0.25) is 5.02 Å². The Bertz CT molecular complexity index is 1610. The molecule has 204 valence electrons. The molecular formula is C28H28ClFN4O4S. The van der Waals surface area contributed by atoms with Gasteiger partial charge >= 0.3 is 0 Å². The van der Waals surface area contributed by atoms with Gasteiger partial charge in [-0.2, -0.15) is 4.98 Å². The zero-order chi connectivity index (χ0) is 27.6. The van der Waals surface area contributed by atoms with Crippen LogP contribution in [0.5, 0.6) is 5.75 Å². The Morgan fingerprint density at radius 1 is 1.05 bits per heavy atom. The van der Waals surface area contributed by atoms with Crippen molar-refractivity contribution in [3.63, 3.8) is 0 Å². The zero-order valence-electron chi connectivity index (χ0n) is 21.5. The van der Waals surface area contributed by atoms with Crippen LogP contribution in [0.25, 0.3) is 10.9 Å². The van der Waals surface area contributed by atoms with Gasteiger partial charge in [0, 0.05) is 42.9 Å². The minimum atomic E-state index is -3.42. The monoisotopic (exact) mass is 570 g/mol. The van der Waals surface area contributed by atoms with E-state index in [-0.39, 0.29) is 21.3 Å². The minimum Gasteiger partial charge on any atom is -0.497 e. The number of halogens is 2. The van der Waals surface area contributed by atoms with E-state index in [4.69, 9.17) is 26.1 Å². The van der Waals surface area contributed by atoms with Crippen molar-refractivity contribution in [3.05, 3.63) is 77.1 Å². The Kier molecular flexibility index (Phi) is 7.61. The Morgan fingerprint density at radius 3 is 2.46 bits per heavy atom. The summed E-state index contributed by atoms with van der Waals surface area (Å²) in [7, 11) is -1.78. The molecule has 0 amide bonds. The third-order valence-corrected chi connectivity index (χ3v) is 8.44. The van der Waals surface area contributed by atoms with Crippen molar-refractivity contribution in [1.29, 1.82) is 0 Å². The van der Waals surface area contributed by atoms with Crippen LogP contribution in [0.1, 0.15) is 18.4 Å². The van der Waals surface area contributed by atoms with E-state index < -0.39 is 15.7 Å². The van der Waals surface area contributed by atoms with Gasteiger partial charge in [-0.1, -0.05) is 23.7 Å². The molecular weight excluding hydrogens is 543 g/mol. The smallest absolute Gasteiger partial charge is 0.229 e. The van der Waals surface area contributed by atoms with Crippen LogP contribution < -0.4 is 15.4 Å². The largest absolute Gasteiger partial charge is 0.497 e. The first-order valence-corrected chi connectivity index (χ1v) is 14.6. The van der Waals surface area contributed by atoms with Crippen LogP contribution in [-0.2, 0) is 20.0 Å². The molecule has 8 nitrogen and oxygen atoms in total. The van der Waals surface area contributed by atoms with Gasteiger partial charge in [-0.05, 0) is 60.9 Å². The van der Waals surface area contributed by atoms with E-state index >= 15 is 0 Å². The van der Waals surface area contributed by atoms with Gasteiger partial charge in [-0.25, -0.2) is 17.8 Å². The van der Waals surface area contributed by atoms with Crippen molar-refractivity contribution in [2.45, 2.75) is 23.2 Å². The van der Waals surface area contributed by atoms with E-state index in [2.05, 4.69) is 27.8 Å². The molecule has 0 atom stereocenters. The molecule has 3 aromatic carbocycles. The van der Waals surface area contributed by atoms with Crippen molar-refractivity contribution < 1.29 is 22.3 Å². The maximum Gasteiger partial charge on any atom is 0.229 e. The summed E-state index contributed by atoms with van der Waals surface area (Å²) >= 11 is 6.36. The van der Waals surface area contributed by atoms with Crippen LogP contribution in [0.15, 0.2) is 65.6 Å². The van der Waals surface area contributed by atoms with Crippen LogP contribution in [0.4, 0.5) is 21.8 Å². The highest BCUT2D eigenvalue weighted by atomic mass is 35.5. The first kappa shape index (κ1) is 27.1. The number of sulfone groups is 1. The van der Waals surface area contributed by atoms with Gasteiger partial charge in [0.15, 0.2) is 9.84 Å². The lowest BCUT2D eigenvalue weighted by Crippen LogP contribution is -2.40. The molecule has 0 aliphatic carbocycles. The Labute approximate surface area is 231 Å². The SMILES string of the molecule is COc1ccc(C2(CNc3nc(Nc4ccc(S(C)(=O)=O)cc4Cl)nc4cc(F)ccc34)CCOCC2)cc1. The first-order chi connectivity index (χ1) is 18.7. The van der Waals surface area contributed by atoms with Crippen molar-refractivity contribution in [3.8, 4) is 5.75 Å². The molecule has 39 heavy (non-hydrogen) atoms. The highest BCUT2D eigenvalue weighted by Crippen LogP contribution is 2.37. The van der Waals surface area contributed by atoms with Gasteiger partial charge < -0.3 is 20.1 Å². The molecule has 0 bridgehead atoms. The number of aromatic nitrogens is 2. The minimum absolute atomic E-state index is 0.0993. The second kappa shape index (κ2) is 11.0. The van der Waals surface area contributed by atoms with Gasteiger partial charge in [-0.15, -0.1) is 0 Å². The summed E-state index contributed by atoms with van der Waals surface area (Å²) in [6, 6.07) is 16.8. The lowest BCUT2D eigenvalue weighted by molar-refractivity contribution is 0.0543. The van der Waals surface area contributed by atoms with Crippen LogP contribution >= 0.6 is 11.6 Å². The fourth-order valence-electron chi connectivity index (χ4n) is 4.77. The number of nitrogens with zero attached hydrogens (tertiary/aromatic N) is 2. The Morgan fingerprint density at radius 2 is 1.79 bits per heavy atom. The van der Waals surface area contributed by atoms with Crippen LogP contribution in [0, 0.1) is 5.82 Å². The Hall–Kier alpha value is -3.47. The molecule has 0 unspecified atom stereocenters. The van der Waals surface area contributed by atoms with E-state index in [0.29, 0.717) is 42.2 Å². The summed E-state index contributed by atoms with van der Waals surface area (Å²) < 4.78 is 48.9. The van der Waals surface area contributed by atoms with E-state index in [0.717, 1.165) is 24.8 Å². The number of hydrogen-bond acceptors (Lipinski definition) is 8. The highest BCUT2D eigenvalue weighted by Gasteiger charge is 2.34. The first-order valence-electron chi connectivity index (χ1n) is 12.4. The van der Waals surface area contributed by atoms with Gasteiger partial charge in [0.1, 0.15) is 17.4 Å². The quantitative estimate of drug-likeness (QED) is 0.276. The number of anilines is 3. The second-order valence-corrected chi connectivity index (χ2v) is 12.0. The van der Waals surface area contributed by atoms with E-state index in [1.54, 1.807) is 19.2 Å². The van der Waals surface area contributed by atoms with E-state index in [1.165, 1.54) is 29.8 Å².